The average Bonchev–Trinajstić information content (AvgIpc) is 3.85. The molecule has 0 saturated heterocycles. The van der Waals surface area contributed by atoms with Gasteiger partial charge in [0.05, 0.1) is 10.4 Å². The summed E-state index contributed by atoms with van der Waals surface area (Å²) in [5.74, 6) is 0.693. The summed E-state index contributed by atoms with van der Waals surface area (Å²) in [6.07, 6.45) is 2.07. The van der Waals surface area contributed by atoms with Crippen molar-refractivity contribution in [3.05, 3.63) is 146 Å². The Morgan fingerprint density at radius 2 is 1.11 bits per heavy atom. The molecule has 0 fully saturated rings. The monoisotopic (exact) mass is 636 g/mol. The first kappa shape index (κ1) is 26.5. The summed E-state index contributed by atoms with van der Waals surface area (Å²) in [7, 11) is 0. The summed E-state index contributed by atoms with van der Waals surface area (Å²) in [4.78, 5) is 11.5. The molecule has 0 radical (unpaired) electrons. The topological polar surface area (TPSA) is 43.1 Å². The predicted octanol–water partition coefficient (Wildman–Crippen LogP) is 11.5. The number of aromatic nitrogens is 4. The maximum Gasteiger partial charge on any atom is 0.182 e. The zero-order valence-electron chi connectivity index (χ0n) is 25.0. The number of hydrogen-bond acceptors (Lipinski definition) is 5. The van der Waals surface area contributed by atoms with Crippen LogP contribution in [0.2, 0.25) is 0 Å². The third-order valence-corrected chi connectivity index (χ3v) is 11.1. The minimum Gasteiger partial charge on any atom is -0.235 e. The molecule has 0 spiro atoms. The number of hydrogen-bond donors (Lipinski definition) is 0. The van der Waals surface area contributed by atoms with Crippen LogP contribution >= 0.6 is 22.7 Å². The summed E-state index contributed by atoms with van der Waals surface area (Å²) in [5, 5.41) is 10.1. The summed E-state index contributed by atoms with van der Waals surface area (Å²) >= 11 is 3.60. The molecule has 0 aliphatic rings. The van der Waals surface area contributed by atoms with Crippen LogP contribution in [0.1, 0.15) is 0 Å². The van der Waals surface area contributed by atoms with Gasteiger partial charge in [0, 0.05) is 59.4 Å². The Morgan fingerprint density at radius 3 is 1.85 bits per heavy atom. The first-order valence-electron chi connectivity index (χ1n) is 15.5. The molecule has 5 heterocycles. The lowest BCUT2D eigenvalue weighted by Gasteiger charge is -2.08. The van der Waals surface area contributed by atoms with Crippen molar-refractivity contribution in [2.75, 3.05) is 0 Å². The second-order valence-corrected chi connectivity index (χ2v) is 13.8. The number of rotatable bonds is 4. The van der Waals surface area contributed by atoms with E-state index >= 15 is 0 Å². The molecule has 220 valence electrons. The Bertz CT molecular complexity index is 2780. The maximum absolute atomic E-state index is 5.32. The zero-order chi connectivity index (χ0) is 30.9. The van der Waals surface area contributed by atoms with Crippen LogP contribution in [0.3, 0.4) is 0 Å². The quantitative estimate of drug-likeness (QED) is 0.193. The van der Waals surface area contributed by atoms with E-state index in [0.29, 0.717) is 5.82 Å². The van der Waals surface area contributed by atoms with Gasteiger partial charge in [-0.05, 0) is 29.3 Å². The SMILES string of the molecule is c1ccc(-c2cc(-c3ccccc3)c3nc(-c4ccc(-c5nc6sc7ccccc7c6c6c5sc5ccccc56)cc4)nn3c2)cc1. The van der Waals surface area contributed by atoms with Gasteiger partial charge in [-0.2, -0.15) is 0 Å². The Kier molecular flexibility index (Phi) is 5.88. The van der Waals surface area contributed by atoms with Crippen LogP contribution in [0.4, 0.5) is 0 Å². The standard InChI is InChI=1S/C41H24N4S2/c1-3-11-25(12-4-1)29-23-32(26-13-5-2-6-14-26)40-43-39(44-45(40)24-29)28-21-19-27(20-22-28)37-38-35(30-15-7-9-17-33(30)46-38)36-31-16-8-10-18-34(31)47-41(36)42-37/h1-24H. The molecular formula is C41H24N4S2. The fourth-order valence-corrected chi connectivity index (χ4v) is 8.97. The lowest BCUT2D eigenvalue weighted by molar-refractivity contribution is 0.968. The summed E-state index contributed by atoms with van der Waals surface area (Å²) in [5.41, 5.74) is 8.31. The predicted molar refractivity (Wildman–Crippen MR) is 198 cm³/mol. The van der Waals surface area contributed by atoms with E-state index in [1.165, 1.54) is 35.6 Å². The first-order valence-corrected chi connectivity index (χ1v) is 17.2. The van der Waals surface area contributed by atoms with Crippen LogP contribution in [0.15, 0.2) is 146 Å². The van der Waals surface area contributed by atoms with Crippen LogP contribution in [-0.2, 0) is 0 Å². The number of nitrogens with zero attached hydrogens (tertiary/aromatic N) is 4. The second kappa shape index (κ2) is 10.4. The van der Waals surface area contributed by atoms with E-state index in [2.05, 4.69) is 134 Å². The highest BCUT2D eigenvalue weighted by Crippen LogP contribution is 2.47. The molecule has 0 saturated carbocycles. The number of pyridine rings is 2. The molecule has 10 rings (SSSR count). The van der Waals surface area contributed by atoms with Crippen LogP contribution in [0, 0.1) is 0 Å². The third kappa shape index (κ3) is 4.23. The molecule has 6 heteroatoms. The van der Waals surface area contributed by atoms with Gasteiger partial charge in [-0.3, -0.25) is 0 Å². The van der Waals surface area contributed by atoms with Crippen molar-refractivity contribution < 1.29 is 0 Å². The van der Waals surface area contributed by atoms with Crippen molar-refractivity contribution >= 4 is 68.8 Å². The van der Waals surface area contributed by atoms with E-state index in [-0.39, 0.29) is 0 Å². The minimum atomic E-state index is 0.693. The van der Waals surface area contributed by atoms with Gasteiger partial charge >= 0.3 is 0 Å². The Balaban J connectivity index is 1.13. The van der Waals surface area contributed by atoms with E-state index in [4.69, 9.17) is 15.1 Å². The first-order chi connectivity index (χ1) is 23.3. The summed E-state index contributed by atoms with van der Waals surface area (Å²) in [6.45, 7) is 0. The molecule has 4 nitrogen and oxygen atoms in total. The Morgan fingerprint density at radius 1 is 0.489 bits per heavy atom. The van der Waals surface area contributed by atoms with E-state index < -0.39 is 0 Å². The molecule has 5 aromatic heterocycles. The van der Waals surface area contributed by atoms with Crippen molar-refractivity contribution in [2.45, 2.75) is 0 Å². The van der Waals surface area contributed by atoms with Crippen molar-refractivity contribution in [3.63, 3.8) is 0 Å². The van der Waals surface area contributed by atoms with Gasteiger partial charge in [0.15, 0.2) is 11.5 Å². The molecule has 0 atom stereocenters. The highest BCUT2D eigenvalue weighted by molar-refractivity contribution is 7.28. The summed E-state index contributed by atoms with van der Waals surface area (Å²) in [6, 6.07) is 49.0. The molecule has 10 aromatic rings. The fourth-order valence-electron chi connectivity index (χ4n) is 6.67. The van der Waals surface area contributed by atoms with E-state index in [1.807, 2.05) is 28.0 Å². The molecule has 0 amide bonds. The number of thiophene rings is 2. The van der Waals surface area contributed by atoms with Gasteiger partial charge in [0.1, 0.15) is 4.83 Å². The van der Waals surface area contributed by atoms with Crippen LogP contribution in [-0.4, -0.2) is 19.6 Å². The molecule has 0 aliphatic carbocycles. The molecule has 0 unspecified atom stereocenters. The lowest BCUT2D eigenvalue weighted by atomic mass is 10.0. The number of benzene rings is 5. The molecule has 0 aliphatic heterocycles. The largest absolute Gasteiger partial charge is 0.235 e. The summed E-state index contributed by atoms with van der Waals surface area (Å²) < 4.78 is 5.69. The van der Waals surface area contributed by atoms with Gasteiger partial charge in [0.2, 0.25) is 0 Å². The van der Waals surface area contributed by atoms with Crippen molar-refractivity contribution in [1.29, 1.82) is 0 Å². The van der Waals surface area contributed by atoms with Gasteiger partial charge in [-0.15, -0.1) is 27.8 Å². The normalized spacial score (nSPS) is 11.8. The molecule has 5 aromatic carbocycles. The highest BCUT2D eigenvalue weighted by Gasteiger charge is 2.20. The Labute approximate surface area is 277 Å². The van der Waals surface area contributed by atoms with Crippen LogP contribution < -0.4 is 0 Å². The van der Waals surface area contributed by atoms with E-state index in [9.17, 15) is 0 Å². The van der Waals surface area contributed by atoms with Crippen molar-refractivity contribution in [3.8, 4) is 44.9 Å². The van der Waals surface area contributed by atoms with Crippen molar-refractivity contribution in [2.24, 2.45) is 0 Å². The maximum atomic E-state index is 5.32. The minimum absolute atomic E-state index is 0.693. The van der Waals surface area contributed by atoms with Crippen LogP contribution in [0.5, 0.6) is 0 Å². The average molecular weight is 637 g/mol. The van der Waals surface area contributed by atoms with E-state index in [1.54, 1.807) is 11.3 Å². The van der Waals surface area contributed by atoms with Gasteiger partial charge in [0.25, 0.3) is 0 Å². The van der Waals surface area contributed by atoms with Crippen molar-refractivity contribution in [1.82, 2.24) is 19.6 Å². The van der Waals surface area contributed by atoms with Crippen LogP contribution in [0.25, 0.3) is 91.0 Å². The second-order valence-electron chi connectivity index (χ2n) is 11.7. The van der Waals surface area contributed by atoms with Gasteiger partial charge < -0.3 is 0 Å². The fraction of sp³-hybridized carbons (Fsp3) is 0. The lowest BCUT2D eigenvalue weighted by Crippen LogP contribution is -1.93. The number of fused-ring (bicyclic) bond motifs is 8. The van der Waals surface area contributed by atoms with Gasteiger partial charge in [-0.25, -0.2) is 14.5 Å². The zero-order valence-corrected chi connectivity index (χ0v) is 26.6. The Hall–Kier alpha value is -5.69. The third-order valence-electron chi connectivity index (χ3n) is 8.89. The molecule has 0 N–H and O–H groups in total. The van der Waals surface area contributed by atoms with E-state index in [0.717, 1.165) is 49.6 Å². The molecule has 0 bridgehead atoms. The molecular weight excluding hydrogens is 613 g/mol. The molecule has 47 heavy (non-hydrogen) atoms. The highest BCUT2D eigenvalue weighted by atomic mass is 32.1. The smallest absolute Gasteiger partial charge is 0.182 e. The van der Waals surface area contributed by atoms with Gasteiger partial charge in [-0.1, -0.05) is 121 Å².